The SMILES string of the molecule is [2H]C(C)(N(C(C)CC)C(C)C(C)C)C([2H])([2H])[C@]([2H])(c1ccc(C)c(C)c1C)c1c(O)cc(C)c(C(C)(C)C)c1C. The molecule has 2 heteroatoms. The van der Waals surface area contributed by atoms with Crippen LogP contribution in [0.15, 0.2) is 18.2 Å². The first-order valence-corrected chi connectivity index (χ1v) is 13.7. The molecular weight excluding hydrogens is 438 g/mol. The zero-order valence-electron chi connectivity index (χ0n) is 29.6. The molecule has 2 aromatic rings. The Morgan fingerprint density at radius 1 is 0.917 bits per heavy atom. The van der Waals surface area contributed by atoms with Gasteiger partial charge in [-0.3, -0.25) is 4.90 Å². The summed E-state index contributed by atoms with van der Waals surface area (Å²) >= 11 is 0. The Morgan fingerprint density at radius 2 is 1.50 bits per heavy atom. The molecule has 0 saturated heterocycles. The monoisotopic (exact) mass is 497 g/mol. The van der Waals surface area contributed by atoms with Crippen molar-refractivity contribution in [3.05, 3.63) is 62.7 Å². The van der Waals surface area contributed by atoms with Crippen LogP contribution in [0.5, 0.6) is 5.75 Å². The van der Waals surface area contributed by atoms with Crippen LogP contribution in [0.4, 0.5) is 0 Å². The van der Waals surface area contributed by atoms with Crippen molar-refractivity contribution in [3.63, 3.8) is 0 Å². The van der Waals surface area contributed by atoms with Gasteiger partial charge in [-0.1, -0.05) is 53.7 Å². The van der Waals surface area contributed by atoms with Crippen LogP contribution in [0.3, 0.4) is 0 Å². The Morgan fingerprint density at radius 3 is 2.00 bits per heavy atom. The number of phenols is 1. The number of rotatable bonds is 9. The van der Waals surface area contributed by atoms with Gasteiger partial charge in [-0.05, 0) is 125 Å². The van der Waals surface area contributed by atoms with E-state index in [4.69, 9.17) is 0 Å². The molecule has 0 aliphatic rings. The fourth-order valence-corrected chi connectivity index (χ4v) is 5.72. The van der Waals surface area contributed by atoms with E-state index in [0.29, 0.717) is 11.1 Å². The Bertz CT molecular complexity index is 1230. The van der Waals surface area contributed by atoms with Gasteiger partial charge in [-0.25, -0.2) is 0 Å². The number of hydrogen-bond donors (Lipinski definition) is 1. The number of nitrogens with zero attached hydrogens (tertiary/aromatic N) is 1. The molecule has 36 heavy (non-hydrogen) atoms. The third kappa shape index (κ3) is 6.18. The van der Waals surface area contributed by atoms with Crippen LogP contribution in [0.1, 0.15) is 131 Å². The molecule has 0 aromatic heterocycles. The second-order valence-electron chi connectivity index (χ2n) is 12.3. The maximum absolute atomic E-state index is 11.6. The molecule has 0 saturated carbocycles. The van der Waals surface area contributed by atoms with Crippen LogP contribution in [0.2, 0.25) is 0 Å². The molecule has 0 radical (unpaired) electrons. The molecule has 0 bridgehead atoms. The third-order valence-electron chi connectivity index (χ3n) is 8.24. The van der Waals surface area contributed by atoms with Gasteiger partial charge < -0.3 is 5.11 Å². The molecule has 0 fully saturated rings. The van der Waals surface area contributed by atoms with Crippen molar-refractivity contribution < 1.29 is 10.6 Å². The highest BCUT2D eigenvalue weighted by molar-refractivity contribution is 5.56. The van der Waals surface area contributed by atoms with E-state index in [-0.39, 0.29) is 34.7 Å². The van der Waals surface area contributed by atoms with Crippen LogP contribution in [0, 0.1) is 40.5 Å². The fourth-order valence-electron chi connectivity index (χ4n) is 5.72. The van der Waals surface area contributed by atoms with E-state index in [0.717, 1.165) is 34.2 Å². The summed E-state index contributed by atoms with van der Waals surface area (Å²) < 4.78 is 40.1. The van der Waals surface area contributed by atoms with Gasteiger partial charge in [0.05, 0.1) is 0 Å². The van der Waals surface area contributed by atoms with E-state index >= 15 is 0 Å². The summed E-state index contributed by atoms with van der Waals surface area (Å²) in [4.78, 5) is 1.96. The molecule has 0 heterocycles. The maximum Gasteiger partial charge on any atom is 0.119 e. The lowest BCUT2D eigenvalue weighted by atomic mass is 9.74. The van der Waals surface area contributed by atoms with E-state index in [1.54, 1.807) is 13.0 Å². The Labute approximate surface area is 229 Å². The summed E-state index contributed by atoms with van der Waals surface area (Å²) in [6.07, 6.45) is -1.70. The van der Waals surface area contributed by atoms with Gasteiger partial charge in [0.2, 0.25) is 0 Å². The van der Waals surface area contributed by atoms with E-state index in [1.165, 1.54) is 0 Å². The van der Waals surface area contributed by atoms with Crippen molar-refractivity contribution in [2.75, 3.05) is 0 Å². The van der Waals surface area contributed by atoms with Gasteiger partial charge in [0.25, 0.3) is 0 Å². The fraction of sp³-hybridized carbons (Fsp3) is 0.647. The lowest BCUT2D eigenvalue weighted by Gasteiger charge is -2.43. The molecule has 0 spiro atoms. The molecule has 2 rings (SSSR count). The predicted octanol–water partition coefficient (Wildman–Crippen LogP) is 9.29. The van der Waals surface area contributed by atoms with Crippen LogP contribution in [-0.2, 0) is 5.41 Å². The summed E-state index contributed by atoms with van der Waals surface area (Å²) in [5.41, 5.74) is 5.94. The number of aromatic hydroxyl groups is 1. The van der Waals surface area contributed by atoms with Crippen LogP contribution < -0.4 is 0 Å². The first-order valence-electron chi connectivity index (χ1n) is 15.7. The predicted molar refractivity (Wildman–Crippen MR) is 159 cm³/mol. The molecular formula is C34H55NO. The van der Waals surface area contributed by atoms with E-state index in [9.17, 15) is 10.6 Å². The summed E-state index contributed by atoms with van der Waals surface area (Å²) in [5, 5.41) is 11.6. The number of benzene rings is 2. The Balaban J connectivity index is 3.21. The van der Waals surface area contributed by atoms with Gasteiger partial charge in [0, 0.05) is 35.0 Å². The topological polar surface area (TPSA) is 23.5 Å². The Hall–Kier alpha value is -1.80. The third-order valence-corrected chi connectivity index (χ3v) is 8.24. The molecule has 3 unspecified atom stereocenters. The first-order chi connectivity index (χ1) is 18.0. The lowest BCUT2D eigenvalue weighted by Crippen LogP contribution is -2.48. The standard InChI is InChI=1S/C34H55NO/c1-15-23(6)35(28(11)20(2)3)24(7)19-30(29-17-16-21(4)25(8)26(29)9)32-27(10)33(34(12,13)14)22(5)18-31(32)36/h16-18,20,23-24,28,30,36H,15,19H2,1-14H3/t23?,24?,28?,30-/m1/s1/i19D2,24D,30D. The van der Waals surface area contributed by atoms with E-state index < -0.39 is 18.3 Å². The van der Waals surface area contributed by atoms with Crippen molar-refractivity contribution in [2.45, 2.75) is 139 Å². The zero-order chi connectivity index (χ0) is 31.3. The summed E-state index contributed by atoms with van der Waals surface area (Å²) in [6.45, 7) is 28.1. The van der Waals surface area contributed by atoms with Crippen molar-refractivity contribution in [1.29, 1.82) is 0 Å². The lowest BCUT2D eigenvalue weighted by molar-refractivity contribution is 0.0689. The zero-order valence-corrected chi connectivity index (χ0v) is 25.6. The van der Waals surface area contributed by atoms with Gasteiger partial charge in [0.1, 0.15) is 5.75 Å². The highest BCUT2D eigenvalue weighted by Crippen LogP contribution is 2.44. The average molecular weight is 498 g/mol. The minimum atomic E-state index is -2.45. The van der Waals surface area contributed by atoms with Gasteiger partial charge >= 0.3 is 0 Å². The molecule has 202 valence electrons. The quantitative estimate of drug-likeness (QED) is 0.373. The highest BCUT2D eigenvalue weighted by atomic mass is 16.3. The molecule has 0 aliphatic carbocycles. The van der Waals surface area contributed by atoms with Crippen molar-refractivity contribution in [2.24, 2.45) is 5.92 Å². The molecule has 2 nitrogen and oxygen atoms in total. The molecule has 0 aliphatic heterocycles. The molecule has 1 N–H and O–H groups in total. The minimum Gasteiger partial charge on any atom is -0.508 e. The van der Waals surface area contributed by atoms with Crippen molar-refractivity contribution in [3.8, 4) is 5.75 Å². The molecule has 4 atom stereocenters. The van der Waals surface area contributed by atoms with Gasteiger partial charge in [0.15, 0.2) is 0 Å². The smallest absolute Gasteiger partial charge is 0.119 e. The van der Waals surface area contributed by atoms with Crippen molar-refractivity contribution >= 4 is 0 Å². The minimum absolute atomic E-state index is 0.0853. The van der Waals surface area contributed by atoms with Crippen molar-refractivity contribution in [1.82, 2.24) is 4.90 Å². The van der Waals surface area contributed by atoms with E-state index in [1.807, 2.05) is 58.6 Å². The Kier molecular flexibility index (Phi) is 7.99. The largest absolute Gasteiger partial charge is 0.508 e. The van der Waals surface area contributed by atoms with Crippen LogP contribution in [0.25, 0.3) is 0 Å². The number of phenolic OH excluding ortho intramolecular Hbond substituents is 1. The summed E-state index contributed by atoms with van der Waals surface area (Å²) in [7, 11) is 0. The summed E-state index contributed by atoms with van der Waals surface area (Å²) in [5.74, 6) is -2.00. The number of aryl methyl sites for hydroxylation is 2. The van der Waals surface area contributed by atoms with Crippen LogP contribution >= 0.6 is 0 Å². The second-order valence-corrected chi connectivity index (χ2v) is 12.3. The van der Waals surface area contributed by atoms with E-state index in [2.05, 4.69) is 48.5 Å². The summed E-state index contributed by atoms with van der Waals surface area (Å²) in [6, 6.07) is 3.46. The second kappa shape index (κ2) is 11.7. The number of hydrogen-bond acceptors (Lipinski definition) is 2. The first kappa shape index (κ1) is 24.5. The van der Waals surface area contributed by atoms with Gasteiger partial charge in [-0.15, -0.1) is 0 Å². The normalized spacial score (nSPS) is 19.7. The molecule has 0 amide bonds. The maximum atomic E-state index is 11.6. The van der Waals surface area contributed by atoms with Crippen LogP contribution in [-0.4, -0.2) is 28.1 Å². The highest BCUT2D eigenvalue weighted by Gasteiger charge is 2.33. The average Bonchev–Trinajstić information content (AvgIpc) is 2.80. The molecule has 2 aromatic carbocycles. The van der Waals surface area contributed by atoms with Gasteiger partial charge in [-0.2, -0.15) is 0 Å².